The number of hydrogen-bond donors (Lipinski definition) is 1. The minimum absolute atomic E-state index is 0.0951. The summed E-state index contributed by atoms with van der Waals surface area (Å²) in [7, 11) is 3.53. The van der Waals surface area contributed by atoms with Crippen LogP contribution in [0.3, 0.4) is 0 Å². The van der Waals surface area contributed by atoms with Crippen molar-refractivity contribution in [3.63, 3.8) is 0 Å². The molecule has 1 N–H and O–H groups in total. The normalized spacial score (nSPS) is 18.2. The van der Waals surface area contributed by atoms with E-state index < -0.39 is 0 Å². The van der Waals surface area contributed by atoms with E-state index in [4.69, 9.17) is 14.2 Å². The van der Waals surface area contributed by atoms with Gasteiger partial charge in [-0.1, -0.05) is 24.3 Å². The highest BCUT2D eigenvalue weighted by atomic mass is 16.5. The molecule has 26 heavy (non-hydrogen) atoms. The molecule has 0 aromatic heterocycles. The number of methoxy groups -OCH3 is 1. The van der Waals surface area contributed by atoms with Gasteiger partial charge in [0.2, 0.25) is 0 Å². The maximum absolute atomic E-state index is 6.01. The number of ether oxygens (including phenoxy) is 3. The molecule has 146 valence electrons. The molecule has 0 aliphatic carbocycles. The lowest BCUT2D eigenvalue weighted by molar-refractivity contribution is -0.00831. The summed E-state index contributed by atoms with van der Waals surface area (Å²) in [6.07, 6.45) is 2.18. The zero-order valence-corrected chi connectivity index (χ0v) is 16.4. The zero-order valence-electron chi connectivity index (χ0n) is 16.4. The minimum atomic E-state index is 0.0951. The van der Waals surface area contributed by atoms with E-state index in [0.29, 0.717) is 19.8 Å². The molecule has 6 nitrogen and oxygen atoms in total. The number of unbranched alkanes of at least 4 members (excludes halogenated alkanes) is 1. The summed E-state index contributed by atoms with van der Waals surface area (Å²) in [5, 5.41) is 3.47. The monoisotopic (exact) mass is 363 g/mol. The quantitative estimate of drug-likeness (QED) is 0.415. The van der Waals surface area contributed by atoms with Gasteiger partial charge in [0.05, 0.1) is 26.4 Å². The standard InChI is InChI=1S/C20H33N3O3/c1-17-8-4-5-9-18(17)19-16-23(11-13-26-19)20(21-2)22-10-6-7-12-25-15-14-24-3/h4-5,8-9,19H,6-7,10-16H2,1-3H3,(H,21,22). The number of hydrogen-bond acceptors (Lipinski definition) is 4. The van der Waals surface area contributed by atoms with Crippen molar-refractivity contribution >= 4 is 5.96 Å². The number of nitrogens with one attached hydrogen (secondary N) is 1. The molecule has 0 radical (unpaired) electrons. The van der Waals surface area contributed by atoms with E-state index in [2.05, 4.69) is 46.4 Å². The SMILES string of the molecule is CN=C(NCCCCOCCOC)N1CCOC(c2ccccc2C)C1. The molecule has 1 aliphatic rings. The predicted molar refractivity (Wildman–Crippen MR) is 105 cm³/mol. The van der Waals surface area contributed by atoms with E-state index in [1.807, 2.05) is 7.05 Å². The molecule has 0 bridgehead atoms. The van der Waals surface area contributed by atoms with Crippen LogP contribution in [-0.4, -0.2) is 71.1 Å². The fourth-order valence-corrected chi connectivity index (χ4v) is 3.08. The Labute approximate surface area is 157 Å². The van der Waals surface area contributed by atoms with E-state index in [-0.39, 0.29) is 6.10 Å². The molecule has 1 aromatic rings. The van der Waals surface area contributed by atoms with Crippen LogP contribution in [0.25, 0.3) is 0 Å². The number of morpholine rings is 1. The Balaban J connectivity index is 1.74. The highest BCUT2D eigenvalue weighted by molar-refractivity contribution is 5.80. The molecule has 1 saturated heterocycles. The van der Waals surface area contributed by atoms with Crippen LogP contribution in [0.1, 0.15) is 30.1 Å². The van der Waals surface area contributed by atoms with Gasteiger partial charge >= 0.3 is 0 Å². The van der Waals surface area contributed by atoms with Crippen molar-refractivity contribution in [2.24, 2.45) is 4.99 Å². The number of guanidine groups is 1. The molecular formula is C20H33N3O3. The average molecular weight is 364 g/mol. The second-order valence-corrected chi connectivity index (χ2v) is 6.45. The van der Waals surface area contributed by atoms with Gasteiger partial charge in [-0.15, -0.1) is 0 Å². The van der Waals surface area contributed by atoms with Gasteiger partial charge in [-0.2, -0.15) is 0 Å². The van der Waals surface area contributed by atoms with Crippen molar-refractivity contribution in [1.82, 2.24) is 10.2 Å². The molecule has 1 aliphatic heterocycles. The maximum atomic E-state index is 6.01. The number of rotatable bonds is 9. The first-order valence-electron chi connectivity index (χ1n) is 9.45. The summed E-state index contributed by atoms with van der Waals surface area (Å²) in [6.45, 7) is 7.53. The molecule has 1 fully saturated rings. The van der Waals surface area contributed by atoms with Crippen LogP contribution in [0.2, 0.25) is 0 Å². The molecule has 1 unspecified atom stereocenters. The van der Waals surface area contributed by atoms with E-state index in [9.17, 15) is 0 Å². The highest BCUT2D eigenvalue weighted by Gasteiger charge is 2.24. The van der Waals surface area contributed by atoms with Gasteiger partial charge in [0.15, 0.2) is 5.96 Å². The van der Waals surface area contributed by atoms with Gasteiger partial charge < -0.3 is 24.4 Å². The van der Waals surface area contributed by atoms with Crippen LogP contribution in [0.15, 0.2) is 29.3 Å². The summed E-state index contributed by atoms with van der Waals surface area (Å²) < 4.78 is 16.5. The molecular weight excluding hydrogens is 330 g/mol. The Morgan fingerprint density at radius 2 is 2.12 bits per heavy atom. The van der Waals surface area contributed by atoms with E-state index in [0.717, 1.165) is 45.0 Å². The molecule has 1 heterocycles. The predicted octanol–water partition coefficient (Wildman–Crippen LogP) is 2.39. The number of nitrogens with zero attached hydrogens (tertiary/aromatic N) is 2. The lowest BCUT2D eigenvalue weighted by atomic mass is 10.0. The molecule has 0 spiro atoms. The van der Waals surface area contributed by atoms with Gasteiger partial charge in [-0.05, 0) is 30.9 Å². The van der Waals surface area contributed by atoms with Crippen molar-refractivity contribution in [3.05, 3.63) is 35.4 Å². The summed E-state index contributed by atoms with van der Waals surface area (Å²) in [5.74, 6) is 0.951. The maximum Gasteiger partial charge on any atom is 0.193 e. The minimum Gasteiger partial charge on any atom is -0.382 e. The van der Waals surface area contributed by atoms with Crippen molar-refractivity contribution in [3.8, 4) is 0 Å². The van der Waals surface area contributed by atoms with Gasteiger partial charge in [-0.3, -0.25) is 4.99 Å². The first-order valence-corrected chi connectivity index (χ1v) is 9.45. The first-order chi connectivity index (χ1) is 12.8. The third-order valence-corrected chi connectivity index (χ3v) is 4.54. The second-order valence-electron chi connectivity index (χ2n) is 6.45. The van der Waals surface area contributed by atoms with Crippen LogP contribution < -0.4 is 5.32 Å². The van der Waals surface area contributed by atoms with Crippen LogP contribution in [0, 0.1) is 6.92 Å². The van der Waals surface area contributed by atoms with Crippen LogP contribution in [0.4, 0.5) is 0 Å². The Morgan fingerprint density at radius 1 is 1.27 bits per heavy atom. The molecule has 1 atom stereocenters. The summed E-state index contributed by atoms with van der Waals surface area (Å²) >= 11 is 0. The second kappa shape index (κ2) is 11.9. The number of benzene rings is 1. The summed E-state index contributed by atoms with van der Waals surface area (Å²) in [4.78, 5) is 6.74. The van der Waals surface area contributed by atoms with E-state index in [1.54, 1.807) is 7.11 Å². The van der Waals surface area contributed by atoms with Gasteiger partial charge in [-0.25, -0.2) is 0 Å². The summed E-state index contributed by atoms with van der Waals surface area (Å²) in [6, 6.07) is 8.44. The van der Waals surface area contributed by atoms with Crippen molar-refractivity contribution in [2.45, 2.75) is 25.9 Å². The molecule has 6 heteroatoms. The van der Waals surface area contributed by atoms with E-state index >= 15 is 0 Å². The van der Waals surface area contributed by atoms with Gasteiger partial charge in [0, 0.05) is 33.9 Å². The van der Waals surface area contributed by atoms with Gasteiger partial charge in [0.1, 0.15) is 6.10 Å². The average Bonchev–Trinajstić information content (AvgIpc) is 2.67. The molecule has 1 aromatic carbocycles. The van der Waals surface area contributed by atoms with Crippen molar-refractivity contribution < 1.29 is 14.2 Å². The highest BCUT2D eigenvalue weighted by Crippen LogP contribution is 2.24. The third-order valence-electron chi connectivity index (χ3n) is 4.54. The number of aryl methyl sites for hydroxylation is 1. The van der Waals surface area contributed by atoms with Crippen molar-refractivity contribution in [2.75, 3.05) is 60.2 Å². The smallest absolute Gasteiger partial charge is 0.193 e. The third kappa shape index (κ3) is 6.59. The zero-order chi connectivity index (χ0) is 18.6. The Morgan fingerprint density at radius 3 is 2.88 bits per heavy atom. The molecule has 2 rings (SSSR count). The molecule has 0 saturated carbocycles. The fraction of sp³-hybridized carbons (Fsp3) is 0.650. The Bertz CT molecular complexity index is 551. The topological polar surface area (TPSA) is 55.3 Å². The Kier molecular flexibility index (Phi) is 9.45. The first kappa shape index (κ1) is 20.7. The largest absolute Gasteiger partial charge is 0.382 e. The van der Waals surface area contributed by atoms with Crippen LogP contribution in [-0.2, 0) is 14.2 Å². The van der Waals surface area contributed by atoms with Crippen LogP contribution in [0.5, 0.6) is 0 Å². The van der Waals surface area contributed by atoms with E-state index in [1.165, 1.54) is 11.1 Å². The number of aliphatic imine (C=N–C) groups is 1. The summed E-state index contributed by atoms with van der Waals surface area (Å²) in [5.41, 5.74) is 2.54. The lowest BCUT2D eigenvalue weighted by Gasteiger charge is -2.35. The lowest BCUT2D eigenvalue weighted by Crippen LogP contribution is -2.48. The van der Waals surface area contributed by atoms with Gasteiger partial charge in [0.25, 0.3) is 0 Å². The molecule has 0 amide bonds. The van der Waals surface area contributed by atoms with Crippen LogP contribution >= 0.6 is 0 Å². The van der Waals surface area contributed by atoms with Crippen molar-refractivity contribution in [1.29, 1.82) is 0 Å². The fourth-order valence-electron chi connectivity index (χ4n) is 3.08. The Hall–Kier alpha value is -1.63.